The third-order valence-corrected chi connectivity index (χ3v) is 3.29. The molecule has 4 heteroatoms. The Bertz CT molecular complexity index is 637. The first-order valence-electron chi connectivity index (χ1n) is 5.95. The average Bonchev–Trinajstić information content (AvgIpc) is 2.82. The fourth-order valence-electron chi connectivity index (χ4n) is 2.32. The molecule has 2 N–H and O–H groups in total. The van der Waals surface area contributed by atoms with Crippen molar-refractivity contribution in [2.45, 2.75) is 12.7 Å². The molecule has 19 heavy (non-hydrogen) atoms. The first kappa shape index (κ1) is 11.9. The van der Waals surface area contributed by atoms with Crippen LogP contribution in [-0.4, -0.2) is 5.91 Å². The van der Waals surface area contributed by atoms with Gasteiger partial charge < -0.3 is 10.5 Å². The molecule has 0 spiro atoms. The molecule has 2 aromatic carbocycles. The van der Waals surface area contributed by atoms with Crippen molar-refractivity contribution in [3.8, 4) is 0 Å². The Morgan fingerprint density at radius 3 is 2.63 bits per heavy atom. The Kier molecular flexibility index (Phi) is 2.80. The zero-order valence-corrected chi connectivity index (χ0v) is 10.1. The van der Waals surface area contributed by atoms with Crippen LogP contribution in [0.1, 0.15) is 33.2 Å². The first-order valence-corrected chi connectivity index (χ1v) is 5.95. The summed E-state index contributed by atoms with van der Waals surface area (Å²) < 4.78 is 18.6. The molecule has 3 rings (SSSR count). The highest BCUT2D eigenvalue weighted by molar-refractivity contribution is 5.93. The Morgan fingerprint density at radius 2 is 1.95 bits per heavy atom. The van der Waals surface area contributed by atoms with Crippen molar-refractivity contribution in [1.82, 2.24) is 0 Å². The van der Waals surface area contributed by atoms with Gasteiger partial charge in [0.1, 0.15) is 11.9 Å². The Hall–Kier alpha value is -2.20. The number of primary amides is 1. The lowest BCUT2D eigenvalue weighted by atomic mass is 9.97. The molecule has 1 aliphatic rings. The first-order chi connectivity index (χ1) is 9.15. The van der Waals surface area contributed by atoms with E-state index >= 15 is 0 Å². The summed E-state index contributed by atoms with van der Waals surface area (Å²) in [6.45, 7) is 0.429. The topological polar surface area (TPSA) is 52.3 Å². The predicted octanol–water partition coefficient (Wildman–Crippen LogP) is 2.54. The molecule has 0 aliphatic carbocycles. The number of rotatable bonds is 2. The minimum atomic E-state index is -0.451. The van der Waals surface area contributed by atoms with Crippen LogP contribution in [0.5, 0.6) is 0 Å². The summed E-state index contributed by atoms with van der Waals surface area (Å²) in [6.07, 6.45) is -0.211. The normalized spacial score (nSPS) is 17.2. The lowest BCUT2D eigenvalue weighted by molar-refractivity contribution is 0.0938. The van der Waals surface area contributed by atoms with Crippen molar-refractivity contribution in [3.05, 3.63) is 70.5 Å². The fourth-order valence-corrected chi connectivity index (χ4v) is 2.32. The molecule has 0 radical (unpaired) electrons. The van der Waals surface area contributed by atoms with Gasteiger partial charge >= 0.3 is 0 Å². The molecule has 0 fully saturated rings. The second-order valence-electron chi connectivity index (χ2n) is 4.52. The van der Waals surface area contributed by atoms with Gasteiger partial charge in [0, 0.05) is 5.56 Å². The van der Waals surface area contributed by atoms with E-state index in [0.29, 0.717) is 12.2 Å². The second kappa shape index (κ2) is 4.48. The molecule has 0 saturated carbocycles. The van der Waals surface area contributed by atoms with Crippen LogP contribution in [0.25, 0.3) is 0 Å². The number of halogens is 1. The molecule has 1 unspecified atom stereocenters. The largest absolute Gasteiger partial charge is 0.366 e. The van der Waals surface area contributed by atoms with E-state index in [9.17, 15) is 9.18 Å². The number of carbonyl (C=O) groups excluding carboxylic acids is 1. The summed E-state index contributed by atoms with van der Waals surface area (Å²) in [5.74, 6) is -0.723. The van der Waals surface area contributed by atoms with E-state index in [-0.39, 0.29) is 11.9 Å². The highest BCUT2D eigenvalue weighted by Gasteiger charge is 2.25. The van der Waals surface area contributed by atoms with Crippen molar-refractivity contribution < 1.29 is 13.9 Å². The summed E-state index contributed by atoms with van der Waals surface area (Å²) in [4.78, 5) is 11.1. The van der Waals surface area contributed by atoms with Crippen LogP contribution in [0.2, 0.25) is 0 Å². The molecule has 1 heterocycles. The van der Waals surface area contributed by atoms with Gasteiger partial charge in [0.25, 0.3) is 0 Å². The van der Waals surface area contributed by atoms with Gasteiger partial charge in [0.15, 0.2) is 0 Å². The van der Waals surface area contributed by atoms with Crippen LogP contribution in [-0.2, 0) is 11.3 Å². The van der Waals surface area contributed by atoms with Gasteiger partial charge in [0.2, 0.25) is 5.91 Å². The maximum Gasteiger partial charge on any atom is 0.248 e. The Balaban J connectivity index is 1.98. The number of fused-ring (bicyclic) bond motifs is 1. The van der Waals surface area contributed by atoms with Crippen LogP contribution < -0.4 is 5.73 Å². The van der Waals surface area contributed by atoms with Crippen LogP contribution in [0, 0.1) is 5.82 Å². The lowest BCUT2D eigenvalue weighted by Gasteiger charge is -2.11. The van der Waals surface area contributed by atoms with Gasteiger partial charge in [-0.05, 0) is 41.0 Å². The summed E-state index contributed by atoms with van der Waals surface area (Å²) in [5, 5.41) is 0. The molecular formula is C15H12FNO2. The highest BCUT2D eigenvalue weighted by Crippen LogP contribution is 2.36. The zero-order valence-electron chi connectivity index (χ0n) is 10.1. The minimum absolute atomic E-state index is 0.211. The van der Waals surface area contributed by atoms with Crippen molar-refractivity contribution in [1.29, 1.82) is 0 Å². The fraction of sp³-hybridized carbons (Fsp3) is 0.133. The van der Waals surface area contributed by atoms with E-state index in [1.807, 2.05) is 6.07 Å². The summed E-state index contributed by atoms with van der Waals surface area (Å²) in [5.41, 5.74) is 8.56. The van der Waals surface area contributed by atoms with Gasteiger partial charge in [-0.3, -0.25) is 4.79 Å². The van der Waals surface area contributed by atoms with E-state index in [4.69, 9.17) is 10.5 Å². The summed E-state index contributed by atoms with van der Waals surface area (Å²) in [7, 11) is 0. The van der Waals surface area contributed by atoms with Crippen LogP contribution in [0.15, 0.2) is 42.5 Å². The molecule has 1 amide bonds. The second-order valence-corrected chi connectivity index (χ2v) is 4.52. The molecule has 3 nitrogen and oxygen atoms in total. The van der Waals surface area contributed by atoms with Gasteiger partial charge in [-0.25, -0.2) is 4.39 Å². The monoisotopic (exact) mass is 257 g/mol. The third kappa shape index (κ3) is 2.11. The predicted molar refractivity (Wildman–Crippen MR) is 68.0 cm³/mol. The number of nitrogens with two attached hydrogens (primary N) is 1. The number of ether oxygens (including phenoxy) is 1. The molecular weight excluding hydrogens is 245 g/mol. The molecule has 2 aromatic rings. The van der Waals surface area contributed by atoms with Crippen LogP contribution in [0.4, 0.5) is 4.39 Å². The van der Waals surface area contributed by atoms with E-state index in [1.165, 1.54) is 12.1 Å². The average molecular weight is 257 g/mol. The molecule has 1 aliphatic heterocycles. The van der Waals surface area contributed by atoms with E-state index in [0.717, 1.165) is 16.7 Å². The van der Waals surface area contributed by atoms with Crippen molar-refractivity contribution in [3.63, 3.8) is 0 Å². The smallest absolute Gasteiger partial charge is 0.248 e. The third-order valence-electron chi connectivity index (χ3n) is 3.29. The summed E-state index contributed by atoms with van der Waals surface area (Å²) in [6, 6.07) is 11.5. The number of hydrogen-bond donors (Lipinski definition) is 1. The lowest BCUT2D eigenvalue weighted by Crippen LogP contribution is -2.11. The zero-order chi connectivity index (χ0) is 13.4. The molecule has 0 saturated heterocycles. The van der Waals surface area contributed by atoms with Crippen molar-refractivity contribution in [2.24, 2.45) is 5.73 Å². The van der Waals surface area contributed by atoms with Crippen LogP contribution >= 0.6 is 0 Å². The number of hydrogen-bond acceptors (Lipinski definition) is 2. The Labute approximate surface area is 109 Å². The van der Waals surface area contributed by atoms with Crippen molar-refractivity contribution >= 4 is 5.91 Å². The van der Waals surface area contributed by atoms with E-state index in [2.05, 4.69) is 0 Å². The number of benzene rings is 2. The van der Waals surface area contributed by atoms with Gasteiger partial charge in [-0.1, -0.05) is 18.2 Å². The van der Waals surface area contributed by atoms with Crippen LogP contribution in [0.3, 0.4) is 0 Å². The number of carbonyl (C=O) groups is 1. The molecule has 1 atom stereocenters. The van der Waals surface area contributed by atoms with E-state index in [1.54, 1.807) is 24.3 Å². The quantitative estimate of drug-likeness (QED) is 0.898. The van der Waals surface area contributed by atoms with Gasteiger partial charge in [-0.2, -0.15) is 0 Å². The standard InChI is InChI=1S/C15H12FNO2/c16-12-4-1-9(2-5-12)14-13-6-3-10(15(17)18)7-11(13)8-19-14/h1-7,14H,8H2,(H2,17,18). The molecule has 96 valence electrons. The summed E-state index contributed by atoms with van der Waals surface area (Å²) >= 11 is 0. The minimum Gasteiger partial charge on any atom is -0.366 e. The molecule has 0 aromatic heterocycles. The maximum absolute atomic E-state index is 12.9. The maximum atomic E-state index is 12.9. The van der Waals surface area contributed by atoms with Gasteiger partial charge in [-0.15, -0.1) is 0 Å². The highest BCUT2D eigenvalue weighted by atomic mass is 19.1. The number of amides is 1. The SMILES string of the molecule is NC(=O)c1ccc2c(c1)COC2c1ccc(F)cc1. The van der Waals surface area contributed by atoms with E-state index < -0.39 is 5.91 Å². The van der Waals surface area contributed by atoms with Crippen molar-refractivity contribution in [2.75, 3.05) is 0 Å². The van der Waals surface area contributed by atoms with Gasteiger partial charge in [0.05, 0.1) is 6.61 Å². The molecule has 0 bridgehead atoms. The Morgan fingerprint density at radius 1 is 1.21 bits per heavy atom.